The zero-order chi connectivity index (χ0) is 34.0. The number of carbonyl (C=O) groups is 1. The fourth-order valence-corrected chi connectivity index (χ4v) is 7.82. The van der Waals surface area contributed by atoms with Gasteiger partial charge in [-0.15, -0.1) is 0 Å². The van der Waals surface area contributed by atoms with Crippen LogP contribution in [0.25, 0.3) is 0 Å². The second-order valence-corrected chi connectivity index (χ2v) is 13.4. The first-order valence-corrected chi connectivity index (χ1v) is 17.3. The van der Waals surface area contributed by atoms with Crippen LogP contribution in [-0.2, 0) is 35.0 Å². The summed E-state index contributed by atoms with van der Waals surface area (Å²) >= 11 is 0. The average molecular weight is 680 g/mol. The number of halogens is 3. The van der Waals surface area contributed by atoms with Gasteiger partial charge in [-0.1, -0.05) is 12.1 Å². The van der Waals surface area contributed by atoms with Crippen molar-refractivity contribution in [3.05, 3.63) is 65.0 Å². The molecule has 3 saturated heterocycles. The van der Waals surface area contributed by atoms with E-state index in [2.05, 4.69) is 35.3 Å². The highest BCUT2D eigenvalue weighted by atomic mass is 19.4. The van der Waals surface area contributed by atoms with Gasteiger partial charge in [0.25, 0.3) is 0 Å². The van der Waals surface area contributed by atoms with Crippen LogP contribution in [-0.4, -0.2) is 97.4 Å². The minimum Gasteiger partial charge on any atom is -0.494 e. The molecule has 2 N–H and O–H groups in total. The quantitative estimate of drug-likeness (QED) is 0.313. The molecule has 10 nitrogen and oxygen atoms in total. The van der Waals surface area contributed by atoms with E-state index >= 15 is 0 Å². The van der Waals surface area contributed by atoms with Crippen molar-refractivity contribution >= 4 is 28.9 Å². The van der Waals surface area contributed by atoms with Gasteiger partial charge < -0.3 is 25.0 Å². The van der Waals surface area contributed by atoms with Crippen molar-refractivity contribution in [1.29, 1.82) is 0 Å². The largest absolute Gasteiger partial charge is 0.494 e. The lowest BCUT2D eigenvalue weighted by atomic mass is 9.98. The third-order valence-corrected chi connectivity index (χ3v) is 10.5. The maximum Gasteiger partial charge on any atom is 0.419 e. The highest BCUT2D eigenvalue weighted by molar-refractivity contribution is 5.99. The van der Waals surface area contributed by atoms with Crippen LogP contribution in [0.4, 0.5) is 36.2 Å². The standard InChI is InChI=1S/C36H44F3N7O3/c1-48-33-21-27(44-13-9-25(10-14-44)45-15-17-46(18-16-45)26-11-19-49-20-12-26)6-8-32(33)43-35-40-23-29(36(37,38)39)31(42-35)7-5-24-3-2-4-30-28(24)22-34(47)41-30/h2-4,6,8,21,23,25-26H,5,7,9-20,22H2,1H3,(H,41,47)(H,40,42,43). The lowest BCUT2D eigenvalue weighted by Gasteiger charge is -2.45. The van der Waals surface area contributed by atoms with E-state index in [4.69, 9.17) is 9.47 Å². The smallest absolute Gasteiger partial charge is 0.419 e. The van der Waals surface area contributed by atoms with Crippen LogP contribution < -0.4 is 20.3 Å². The third kappa shape index (κ3) is 7.63. The van der Waals surface area contributed by atoms with E-state index < -0.39 is 11.7 Å². The minimum absolute atomic E-state index is 0.0361. The van der Waals surface area contributed by atoms with Gasteiger partial charge in [0, 0.05) is 88.2 Å². The number of nitrogens with one attached hydrogen (secondary N) is 2. The summed E-state index contributed by atoms with van der Waals surface area (Å²) in [6.45, 7) is 8.17. The molecule has 4 aliphatic heterocycles. The number of hydrogen-bond donors (Lipinski definition) is 2. The molecule has 3 fully saturated rings. The molecule has 1 aromatic heterocycles. The van der Waals surface area contributed by atoms with Crippen LogP contribution in [0.15, 0.2) is 42.6 Å². The normalized spacial score (nSPS) is 19.9. The molecule has 0 saturated carbocycles. The van der Waals surface area contributed by atoms with Gasteiger partial charge in [0.1, 0.15) is 5.75 Å². The summed E-state index contributed by atoms with van der Waals surface area (Å²) in [5.74, 6) is 0.500. The number of piperazine rings is 1. The second-order valence-electron chi connectivity index (χ2n) is 13.4. The van der Waals surface area contributed by atoms with E-state index in [0.717, 1.165) is 101 Å². The number of nitrogens with zero attached hydrogens (tertiary/aromatic N) is 5. The molecule has 5 heterocycles. The van der Waals surface area contributed by atoms with Crippen LogP contribution in [0.1, 0.15) is 48.1 Å². The highest BCUT2D eigenvalue weighted by Gasteiger charge is 2.35. The number of methoxy groups -OCH3 is 1. The van der Waals surface area contributed by atoms with Gasteiger partial charge in [0.05, 0.1) is 30.5 Å². The Morgan fingerprint density at radius 3 is 2.37 bits per heavy atom. The van der Waals surface area contributed by atoms with E-state index in [1.165, 1.54) is 0 Å². The Morgan fingerprint density at radius 2 is 1.67 bits per heavy atom. The van der Waals surface area contributed by atoms with Crippen LogP contribution >= 0.6 is 0 Å². The Bertz CT molecular complexity index is 1630. The number of aryl methyl sites for hydroxylation is 2. The van der Waals surface area contributed by atoms with Gasteiger partial charge in [-0.2, -0.15) is 13.2 Å². The van der Waals surface area contributed by atoms with Gasteiger partial charge in [-0.3, -0.25) is 14.6 Å². The molecule has 262 valence electrons. The van der Waals surface area contributed by atoms with E-state index in [-0.39, 0.29) is 30.4 Å². The average Bonchev–Trinajstić information content (AvgIpc) is 3.52. The van der Waals surface area contributed by atoms with E-state index in [9.17, 15) is 18.0 Å². The molecule has 0 radical (unpaired) electrons. The Kier molecular flexibility index (Phi) is 9.93. The predicted molar refractivity (Wildman–Crippen MR) is 182 cm³/mol. The monoisotopic (exact) mass is 679 g/mol. The van der Waals surface area contributed by atoms with Crippen molar-refractivity contribution in [3.63, 3.8) is 0 Å². The number of aromatic nitrogens is 2. The summed E-state index contributed by atoms with van der Waals surface area (Å²) in [7, 11) is 1.58. The van der Waals surface area contributed by atoms with Gasteiger partial charge in [0.15, 0.2) is 0 Å². The summed E-state index contributed by atoms with van der Waals surface area (Å²) in [5.41, 5.74) is 3.00. The molecule has 0 spiro atoms. The molecule has 49 heavy (non-hydrogen) atoms. The van der Waals surface area contributed by atoms with Gasteiger partial charge >= 0.3 is 6.18 Å². The number of benzene rings is 2. The van der Waals surface area contributed by atoms with Crippen molar-refractivity contribution in [2.75, 3.05) is 75.1 Å². The topological polar surface area (TPSA) is 95.1 Å². The molecular formula is C36H44F3N7O3. The molecule has 7 rings (SSSR count). The number of alkyl halides is 3. The number of piperidine rings is 1. The van der Waals surface area contributed by atoms with Gasteiger partial charge in [-0.05, 0) is 67.9 Å². The molecule has 2 aromatic carbocycles. The van der Waals surface area contributed by atoms with Crippen LogP contribution in [0, 0.1) is 0 Å². The summed E-state index contributed by atoms with van der Waals surface area (Å²) in [6.07, 6.45) is 1.28. The van der Waals surface area contributed by atoms with E-state index in [1.54, 1.807) is 19.2 Å². The highest BCUT2D eigenvalue weighted by Crippen LogP contribution is 2.36. The van der Waals surface area contributed by atoms with Crippen molar-refractivity contribution in [1.82, 2.24) is 19.8 Å². The first-order valence-electron chi connectivity index (χ1n) is 17.3. The van der Waals surface area contributed by atoms with E-state index in [0.29, 0.717) is 35.6 Å². The lowest BCUT2D eigenvalue weighted by Crippen LogP contribution is -2.55. The summed E-state index contributed by atoms with van der Waals surface area (Å²) in [6, 6.07) is 12.5. The van der Waals surface area contributed by atoms with Crippen molar-refractivity contribution in [2.24, 2.45) is 0 Å². The fourth-order valence-electron chi connectivity index (χ4n) is 7.82. The van der Waals surface area contributed by atoms with E-state index in [1.807, 2.05) is 24.3 Å². The SMILES string of the molecule is COc1cc(N2CCC(N3CCN(C4CCOCC4)CC3)CC2)ccc1Nc1ncc(C(F)(F)F)c(CCc2cccc3c2CC(=O)N3)n1. The number of ether oxygens (including phenoxy) is 2. The minimum atomic E-state index is -4.60. The fraction of sp³-hybridized carbons (Fsp3) is 0.528. The number of hydrogen-bond acceptors (Lipinski definition) is 9. The first-order chi connectivity index (χ1) is 23.7. The van der Waals surface area contributed by atoms with Crippen molar-refractivity contribution < 1.29 is 27.4 Å². The first kappa shape index (κ1) is 33.6. The molecule has 13 heteroatoms. The molecule has 3 aromatic rings. The molecule has 0 bridgehead atoms. The number of carbonyl (C=O) groups excluding carboxylic acids is 1. The number of amides is 1. The Morgan fingerprint density at radius 1 is 0.959 bits per heavy atom. The molecule has 0 aliphatic carbocycles. The summed E-state index contributed by atoms with van der Waals surface area (Å²) < 4.78 is 53.2. The maximum atomic E-state index is 14.0. The Balaban J connectivity index is 0.982. The Hall–Kier alpha value is -3.94. The van der Waals surface area contributed by atoms with Gasteiger partial charge in [0.2, 0.25) is 11.9 Å². The van der Waals surface area contributed by atoms with Crippen molar-refractivity contribution in [3.8, 4) is 5.75 Å². The second kappa shape index (κ2) is 14.5. The molecule has 4 aliphatic rings. The number of fused-ring (bicyclic) bond motifs is 1. The number of anilines is 4. The van der Waals surface area contributed by atoms with Crippen molar-refractivity contribution in [2.45, 2.75) is 63.2 Å². The molecular weight excluding hydrogens is 635 g/mol. The Labute approximate surface area is 285 Å². The maximum absolute atomic E-state index is 14.0. The van der Waals surface area contributed by atoms with Gasteiger partial charge in [-0.25, -0.2) is 9.97 Å². The third-order valence-electron chi connectivity index (χ3n) is 10.5. The summed E-state index contributed by atoms with van der Waals surface area (Å²) in [5, 5.41) is 5.88. The molecule has 1 amide bonds. The number of rotatable bonds is 9. The zero-order valence-electron chi connectivity index (χ0n) is 27.9. The lowest BCUT2D eigenvalue weighted by molar-refractivity contribution is -0.138. The molecule has 0 unspecified atom stereocenters. The molecule has 0 atom stereocenters. The van der Waals surface area contributed by atoms with Crippen LogP contribution in [0.5, 0.6) is 5.75 Å². The van der Waals surface area contributed by atoms with Crippen LogP contribution in [0.2, 0.25) is 0 Å². The zero-order valence-corrected chi connectivity index (χ0v) is 27.9. The predicted octanol–water partition coefficient (Wildman–Crippen LogP) is 5.29. The van der Waals surface area contributed by atoms with Crippen LogP contribution in [0.3, 0.4) is 0 Å². The summed E-state index contributed by atoms with van der Waals surface area (Å²) in [4.78, 5) is 28.0.